The molecule has 0 amide bonds. The number of hydrogen-bond acceptors (Lipinski definition) is 3. The Morgan fingerprint density at radius 3 is 2.14 bits per heavy atom. The van der Waals surface area contributed by atoms with Crippen LogP contribution in [0.25, 0.3) is 0 Å². The summed E-state index contributed by atoms with van der Waals surface area (Å²) in [6.07, 6.45) is 0. The zero-order valence-electron chi connectivity index (χ0n) is 13.7. The first-order chi connectivity index (χ1) is 9.77. The molecule has 6 heteroatoms. The van der Waals surface area contributed by atoms with Crippen LogP contribution in [0.3, 0.4) is 0 Å². The normalized spacial score (nSPS) is 14.4. The lowest BCUT2D eigenvalue weighted by Gasteiger charge is -2.29. The average molecular weight is 333 g/mol. The summed E-state index contributed by atoms with van der Waals surface area (Å²) in [7, 11) is 0. The lowest BCUT2D eigenvalue weighted by Crippen LogP contribution is -2.41. The van der Waals surface area contributed by atoms with Gasteiger partial charge in [0.05, 0.1) is 11.3 Å². The van der Waals surface area contributed by atoms with Gasteiger partial charge in [-0.1, -0.05) is 12.1 Å². The molecule has 0 radical (unpaired) electrons. The van der Waals surface area contributed by atoms with E-state index >= 15 is 0 Å². The molecule has 0 saturated carbocycles. The van der Waals surface area contributed by atoms with E-state index < -0.39 is 22.9 Å². The van der Waals surface area contributed by atoms with Crippen molar-refractivity contribution >= 4 is 17.7 Å². The molecule has 0 spiro atoms. The molecule has 0 unspecified atom stereocenters. The van der Waals surface area contributed by atoms with E-state index in [2.05, 4.69) is 4.40 Å². The van der Waals surface area contributed by atoms with Gasteiger partial charge in [0, 0.05) is 10.3 Å². The van der Waals surface area contributed by atoms with Crippen LogP contribution < -0.4 is 0 Å². The Morgan fingerprint density at radius 1 is 1.14 bits per heavy atom. The van der Waals surface area contributed by atoms with Gasteiger partial charge in [-0.2, -0.15) is 8.78 Å². The molecule has 0 aromatic heterocycles. The molecule has 1 N–H and O–H groups in total. The van der Waals surface area contributed by atoms with Crippen molar-refractivity contribution in [2.45, 2.75) is 57.8 Å². The van der Waals surface area contributed by atoms with Gasteiger partial charge < -0.3 is 5.11 Å². The predicted octanol–water partition coefficient (Wildman–Crippen LogP) is 4.94. The Morgan fingerprint density at radius 2 is 1.68 bits per heavy atom. The summed E-state index contributed by atoms with van der Waals surface area (Å²) in [5.41, 5.74) is -2.85. The highest BCUT2D eigenvalue weighted by molar-refractivity contribution is 7.99. The number of aliphatic hydroxyl groups is 1. The van der Waals surface area contributed by atoms with Crippen molar-refractivity contribution in [3.63, 3.8) is 0 Å². The number of benzene rings is 1. The Labute approximate surface area is 134 Å². The van der Waals surface area contributed by atoms with E-state index in [0.717, 1.165) is 19.9 Å². The standard InChI is InChI=1S/C16H22F3NOS/c1-10(20-22-14(2,3)4)11-8-7-9-12(13(11)17)16(18,19)15(5,6)21/h7-9,21H,1-6H3/b20-10+. The second kappa shape index (κ2) is 6.24. The van der Waals surface area contributed by atoms with Gasteiger partial charge in [-0.15, -0.1) is 0 Å². The number of halogens is 3. The van der Waals surface area contributed by atoms with Crippen LogP contribution in [0.5, 0.6) is 0 Å². The Kier molecular flexibility index (Phi) is 5.40. The van der Waals surface area contributed by atoms with Crippen molar-refractivity contribution in [2.24, 2.45) is 4.40 Å². The summed E-state index contributed by atoms with van der Waals surface area (Å²) in [5.74, 6) is -4.75. The van der Waals surface area contributed by atoms with Crippen LogP contribution in [-0.4, -0.2) is 21.2 Å². The predicted molar refractivity (Wildman–Crippen MR) is 86.1 cm³/mol. The minimum absolute atomic E-state index is 0.0122. The van der Waals surface area contributed by atoms with E-state index in [1.807, 2.05) is 20.8 Å². The second-order valence-corrected chi connectivity index (χ2v) is 8.27. The number of hydrogen-bond donors (Lipinski definition) is 1. The SMILES string of the molecule is C/C(=N\SC(C)(C)C)c1cccc(C(F)(F)C(C)(C)O)c1F. The third-order valence-corrected chi connectivity index (χ3v) is 3.86. The number of rotatable bonds is 4. The molecular formula is C16H22F3NOS. The van der Waals surface area contributed by atoms with Gasteiger partial charge in [-0.25, -0.2) is 8.79 Å². The van der Waals surface area contributed by atoms with E-state index in [1.165, 1.54) is 24.1 Å². The molecule has 0 bridgehead atoms. The van der Waals surface area contributed by atoms with Crippen LogP contribution in [0.4, 0.5) is 13.2 Å². The monoisotopic (exact) mass is 333 g/mol. The zero-order chi connectivity index (χ0) is 17.3. The number of nitrogens with zero attached hydrogens (tertiary/aromatic N) is 1. The molecule has 22 heavy (non-hydrogen) atoms. The van der Waals surface area contributed by atoms with E-state index in [4.69, 9.17) is 0 Å². The molecule has 0 heterocycles. The number of alkyl halides is 2. The summed E-state index contributed by atoms with van der Waals surface area (Å²) < 4.78 is 46.9. The summed E-state index contributed by atoms with van der Waals surface area (Å²) in [6, 6.07) is 3.73. The van der Waals surface area contributed by atoms with Crippen LogP contribution >= 0.6 is 11.9 Å². The minimum atomic E-state index is -3.70. The molecule has 0 saturated heterocycles. The molecule has 2 nitrogen and oxygen atoms in total. The first-order valence-electron chi connectivity index (χ1n) is 6.89. The maximum atomic E-state index is 14.5. The third kappa shape index (κ3) is 4.26. The van der Waals surface area contributed by atoms with Gasteiger partial charge in [-0.05, 0) is 59.6 Å². The topological polar surface area (TPSA) is 32.6 Å². The molecule has 0 aliphatic heterocycles. The second-order valence-electron chi connectivity index (χ2n) is 6.68. The van der Waals surface area contributed by atoms with Crippen LogP contribution in [0, 0.1) is 5.82 Å². The van der Waals surface area contributed by atoms with Gasteiger partial charge >= 0.3 is 5.92 Å². The average Bonchev–Trinajstić information content (AvgIpc) is 2.33. The Balaban J connectivity index is 3.31. The Bertz CT molecular complexity index is 572. The van der Waals surface area contributed by atoms with Gasteiger partial charge in [0.1, 0.15) is 11.4 Å². The van der Waals surface area contributed by atoms with Gasteiger partial charge in [0.25, 0.3) is 0 Å². The summed E-state index contributed by atoms with van der Waals surface area (Å²) in [4.78, 5) is 0. The van der Waals surface area contributed by atoms with Gasteiger partial charge in [-0.3, -0.25) is 0 Å². The molecule has 0 aliphatic rings. The zero-order valence-corrected chi connectivity index (χ0v) is 14.5. The first-order valence-corrected chi connectivity index (χ1v) is 7.67. The van der Waals surface area contributed by atoms with Crippen molar-refractivity contribution in [3.8, 4) is 0 Å². The highest BCUT2D eigenvalue weighted by Gasteiger charge is 2.49. The van der Waals surface area contributed by atoms with Crippen molar-refractivity contribution < 1.29 is 18.3 Å². The van der Waals surface area contributed by atoms with Gasteiger partial charge in [0.2, 0.25) is 0 Å². The first kappa shape index (κ1) is 19.0. The molecule has 1 rings (SSSR count). The van der Waals surface area contributed by atoms with E-state index in [1.54, 1.807) is 6.92 Å². The third-order valence-electron chi connectivity index (χ3n) is 2.95. The highest BCUT2D eigenvalue weighted by Crippen LogP contribution is 2.40. The van der Waals surface area contributed by atoms with Crippen LogP contribution in [0.2, 0.25) is 0 Å². The quantitative estimate of drug-likeness (QED) is 0.625. The summed E-state index contributed by atoms with van der Waals surface area (Å²) in [5, 5.41) is 9.61. The fraction of sp³-hybridized carbons (Fsp3) is 0.562. The smallest absolute Gasteiger partial charge is 0.303 e. The maximum absolute atomic E-state index is 14.5. The largest absolute Gasteiger partial charge is 0.384 e. The van der Waals surface area contributed by atoms with Crippen molar-refractivity contribution in [1.29, 1.82) is 0 Å². The lowest BCUT2D eigenvalue weighted by molar-refractivity contribution is -0.170. The fourth-order valence-corrected chi connectivity index (χ4v) is 2.15. The van der Waals surface area contributed by atoms with Crippen LogP contribution in [0.15, 0.2) is 22.6 Å². The van der Waals surface area contributed by atoms with Gasteiger partial charge in [0.15, 0.2) is 0 Å². The van der Waals surface area contributed by atoms with Crippen LogP contribution in [-0.2, 0) is 5.92 Å². The molecule has 0 atom stereocenters. The van der Waals surface area contributed by atoms with Crippen molar-refractivity contribution in [3.05, 3.63) is 35.1 Å². The summed E-state index contributed by atoms with van der Waals surface area (Å²) >= 11 is 1.25. The summed E-state index contributed by atoms with van der Waals surface area (Å²) in [6.45, 7) is 9.32. The van der Waals surface area contributed by atoms with Crippen LogP contribution in [0.1, 0.15) is 52.7 Å². The van der Waals surface area contributed by atoms with Crippen molar-refractivity contribution in [1.82, 2.24) is 0 Å². The highest BCUT2D eigenvalue weighted by atomic mass is 32.2. The van der Waals surface area contributed by atoms with E-state index in [9.17, 15) is 18.3 Å². The minimum Gasteiger partial charge on any atom is -0.384 e. The molecule has 124 valence electrons. The molecule has 0 aliphatic carbocycles. The Hall–Kier alpha value is -1.01. The fourth-order valence-electron chi connectivity index (χ4n) is 1.64. The molecule has 0 fully saturated rings. The molecular weight excluding hydrogens is 311 g/mol. The van der Waals surface area contributed by atoms with Crippen molar-refractivity contribution in [2.75, 3.05) is 0 Å². The van der Waals surface area contributed by atoms with E-state index in [0.29, 0.717) is 5.71 Å². The maximum Gasteiger partial charge on any atom is 0.303 e. The molecule has 1 aromatic carbocycles. The molecule has 1 aromatic rings. The lowest BCUT2D eigenvalue weighted by atomic mass is 9.91. The van der Waals surface area contributed by atoms with E-state index in [-0.39, 0.29) is 10.3 Å².